The average molecular weight is 318 g/mol. The Morgan fingerprint density at radius 1 is 1.33 bits per heavy atom. The minimum Gasteiger partial charge on any atom is -0.481 e. The lowest BCUT2D eigenvalue weighted by Crippen LogP contribution is -2.57. The molecule has 1 saturated carbocycles. The first-order chi connectivity index (χ1) is 9.50. The van der Waals surface area contributed by atoms with Gasteiger partial charge in [0.1, 0.15) is 5.54 Å². The average Bonchev–Trinajstić information content (AvgIpc) is 2.82. The van der Waals surface area contributed by atoms with E-state index in [4.69, 9.17) is 0 Å². The van der Waals surface area contributed by atoms with Crippen molar-refractivity contribution in [2.24, 2.45) is 5.41 Å². The molecular weight excluding hydrogens is 296 g/mol. The van der Waals surface area contributed by atoms with Crippen LogP contribution in [0.25, 0.3) is 0 Å². The van der Waals surface area contributed by atoms with Gasteiger partial charge < -0.3 is 10.0 Å². The molecule has 0 aromatic carbocycles. The van der Waals surface area contributed by atoms with Gasteiger partial charge in [-0.1, -0.05) is 6.42 Å². The summed E-state index contributed by atoms with van der Waals surface area (Å²) in [6.07, 6.45) is 3.46. The molecule has 0 spiro atoms. The quantitative estimate of drug-likeness (QED) is 0.769. The van der Waals surface area contributed by atoms with Crippen LogP contribution in [0, 0.1) is 5.41 Å². The summed E-state index contributed by atoms with van der Waals surface area (Å²) in [5.41, 5.74) is -2.12. The number of sulfonamides is 1. The predicted molar refractivity (Wildman–Crippen MR) is 76.1 cm³/mol. The molecule has 0 aromatic rings. The zero-order chi connectivity index (χ0) is 16.1. The van der Waals surface area contributed by atoms with Gasteiger partial charge in [-0.2, -0.15) is 0 Å². The van der Waals surface area contributed by atoms with Crippen LogP contribution in [0.15, 0.2) is 0 Å². The van der Waals surface area contributed by atoms with Gasteiger partial charge in [-0.05, 0) is 33.1 Å². The highest BCUT2D eigenvalue weighted by Crippen LogP contribution is 2.49. The van der Waals surface area contributed by atoms with Gasteiger partial charge in [0.05, 0.1) is 11.7 Å². The van der Waals surface area contributed by atoms with E-state index in [1.165, 1.54) is 13.8 Å². The third kappa shape index (κ3) is 2.78. The molecule has 2 fully saturated rings. The highest BCUT2D eigenvalue weighted by Gasteiger charge is 2.58. The molecule has 120 valence electrons. The van der Waals surface area contributed by atoms with Crippen molar-refractivity contribution in [2.45, 2.75) is 51.1 Å². The number of carboxylic acids is 1. The number of hydrogen-bond acceptors (Lipinski definition) is 4. The summed E-state index contributed by atoms with van der Waals surface area (Å²) in [6.45, 7) is 3.38. The number of hydrogen-bond donors (Lipinski definition) is 2. The molecule has 0 aromatic heterocycles. The Balaban J connectivity index is 2.24. The van der Waals surface area contributed by atoms with E-state index in [-0.39, 0.29) is 11.9 Å². The van der Waals surface area contributed by atoms with Crippen LogP contribution >= 0.6 is 0 Å². The maximum absolute atomic E-state index is 12.7. The number of nitrogens with one attached hydrogen (secondary N) is 1. The Bertz CT molecular complexity index is 571. The number of likely N-dealkylation sites (tertiary alicyclic amines) is 1. The lowest BCUT2D eigenvalue weighted by molar-refractivity contribution is -0.150. The number of amides is 1. The lowest BCUT2D eigenvalue weighted by atomic mass is 9.82. The van der Waals surface area contributed by atoms with Gasteiger partial charge in [0.2, 0.25) is 15.9 Å². The third-order valence-corrected chi connectivity index (χ3v) is 5.46. The van der Waals surface area contributed by atoms with Crippen LogP contribution in [-0.4, -0.2) is 54.7 Å². The zero-order valence-corrected chi connectivity index (χ0v) is 13.4. The van der Waals surface area contributed by atoms with Gasteiger partial charge in [0.15, 0.2) is 0 Å². The van der Waals surface area contributed by atoms with E-state index < -0.39 is 26.9 Å². The summed E-state index contributed by atoms with van der Waals surface area (Å²) in [6, 6.07) is -0.330. The second-order valence-corrected chi connectivity index (χ2v) is 8.37. The molecule has 2 atom stereocenters. The van der Waals surface area contributed by atoms with Crippen LogP contribution in [-0.2, 0) is 19.6 Å². The molecule has 2 unspecified atom stereocenters. The maximum atomic E-state index is 12.7. The highest BCUT2D eigenvalue weighted by molar-refractivity contribution is 7.88. The Morgan fingerprint density at radius 2 is 1.95 bits per heavy atom. The third-order valence-electron chi connectivity index (χ3n) is 4.58. The van der Waals surface area contributed by atoms with Crippen LogP contribution < -0.4 is 4.72 Å². The molecule has 0 bridgehead atoms. The van der Waals surface area contributed by atoms with E-state index in [2.05, 4.69) is 4.72 Å². The van der Waals surface area contributed by atoms with Crippen molar-refractivity contribution in [1.82, 2.24) is 9.62 Å². The van der Waals surface area contributed by atoms with Crippen LogP contribution in [0.3, 0.4) is 0 Å². The van der Waals surface area contributed by atoms with Crippen molar-refractivity contribution in [3.63, 3.8) is 0 Å². The molecule has 21 heavy (non-hydrogen) atoms. The molecule has 1 saturated heterocycles. The van der Waals surface area contributed by atoms with E-state index in [0.29, 0.717) is 25.8 Å². The van der Waals surface area contributed by atoms with Crippen molar-refractivity contribution in [1.29, 1.82) is 0 Å². The van der Waals surface area contributed by atoms with Crippen molar-refractivity contribution in [2.75, 3.05) is 12.8 Å². The highest BCUT2D eigenvalue weighted by atomic mass is 32.2. The number of nitrogens with zero attached hydrogens (tertiary/aromatic N) is 1. The predicted octanol–water partition coefficient (Wildman–Crippen LogP) is 0.170. The second-order valence-electron chi connectivity index (χ2n) is 6.62. The molecule has 0 radical (unpaired) electrons. The Labute approximate surface area is 124 Å². The Kier molecular flexibility index (Phi) is 3.82. The lowest BCUT2D eigenvalue weighted by Gasteiger charge is -2.34. The number of carbonyl (C=O) groups excluding carboxylic acids is 1. The molecule has 1 aliphatic carbocycles. The van der Waals surface area contributed by atoms with E-state index in [1.807, 2.05) is 0 Å². The number of carboxylic acid groups (broad SMARTS) is 1. The Hall–Kier alpha value is -1.15. The fraction of sp³-hybridized carbons (Fsp3) is 0.846. The normalized spacial score (nSPS) is 29.5. The van der Waals surface area contributed by atoms with Crippen LogP contribution in [0.4, 0.5) is 0 Å². The monoisotopic (exact) mass is 318 g/mol. The summed E-state index contributed by atoms with van der Waals surface area (Å²) in [7, 11) is -3.52. The van der Waals surface area contributed by atoms with Crippen molar-refractivity contribution in [3.8, 4) is 0 Å². The van der Waals surface area contributed by atoms with Gasteiger partial charge in [-0.25, -0.2) is 13.1 Å². The number of fused-ring (bicyclic) bond motifs is 1. The first-order valence-electron chi connectivity index (χ1n) is 7.03. The van der Waals surface area contributed by atoms with E-state index >= 15 is 0 Å². The van der Waals surface area contributed by atoms with Crippen molar-refractivity contribution >= 4 is 21.9 Å². The molecule has 1 amide bonds. The minimum atomic E-state index is -3.52. The summed E-state index contributed by atoms with van der Waals surface area (Å²) in [5.74, 6) is -1.21. The van der Waals surface area contributed by atoms with Gasteiger partial charge in [-0.3, -0.25) is 9.59 Å². The topological polar surface area (TPSA) is 104 Å². The molecule has 1 aliphatic heterocycles. The van der Waals surface area contributed by atoms with Gasteiger partial charge in [0, 0.05) is 12.6 Å². The van der Waals surface area contributed by atoms with E-state index in [1.54, 1.807) is 4.90 Å². The number of aliphatic carboxylic acids is 1. The SMILES string of the molecule is CC(C)(NS(C)(=O)=O)C(=O)N1CCC2(C(=O)O)CCCC12. The Morgan fingerprint density at radius 3 is 2.48 bits per heavy atom. The van der Waals surface area contributed by atoms with Gasteiger partial charge >= 0.3 is 5.97 Å². The van der Waals surface area contributed by atoms with E-state index in [0.717, 1.165) is 12.7 Å². The molecule has 2 aliphatic rings. The van der Waals surface area contributed by atoms with Crippen molar-refractivity contribution < 1.29 is 23.1 Å². The smallest absolute Gasteiger partial charge is 0.311 e. The second kappa shape index (κ2) is 4.95. The molecule has 8 heteroatoms. The van der Waals surface area contributed by atoms with Crippen LogP contribution in [0.5, 0.6) is 0 Å². The fourth-order valence-corrected chi connectivity index (χ4v) is 4.76. The standard InChI is InChI=1S/C13H22N2O5S/c1-12(2,14-21(3,19)20)10(16)15-8-7-13(11(17)18)6-4-5-9(13)15/h9,14H,4-8H2,1-3H3,(H,17,18). The molecule has 1 heterocycles. The molecule has 2 N–H and O–H groups in total. The summed E-state index contributed by atoms with van der Waals surface area (Å²) >= 11 is 0. The number of rotatable bonds is 4. The van der Waals surface area contributed by atoms with E-state index in [9.17, 15) is 23.1 Å². The summed E-state index contributed by atoms with van der Waals surface area (Å²) in [5, 5.41) is 9.51. The van der Waals surface area contributed by atoms with Gasteiger partial charge in [0.25, 0.3) is 0 Å². The largest absolute Gasteiger partial charge is 0.481 e. The first kappa shape index (κ1) is 16.2. The van der Waals surface area contributed by atoms with Crippen LogP contribution in [0.2, 0.25) is 0 Å². The number of carbonyl (C=O) groups is 2. The summed E-state index contributed by atoms with van der Waals surface area (Å²) < 4.78 is 25.1. The zero-order valence-electron chi connectivity index (χ0n) is 12.5. The summed E-state index contributed by atoms with van der Waals surface area (Å²) in [4.78, 5) is 25.8. The molecule has 2 rings (SSSR count). The first-order valence-corrected chi connectivity index (χ1v) is 8.92. The van der Waals surface area contributed by atoms with Gasteiger partial charge in [-0.15, -0.1) is 0 Å². The maximum Gasteiger partial charge on any atom is 0.311 e. The molecular formula is C13H22N2O5S. The molecule has 7 nitrogen and oxygen atoms in total. The van der Waals surface area contributed by atoms with Crippen LogP contribution in [0.1, 0.15) is 39.5 Å². The minimum absolute atomic E-state index is 0.330. The van der Waals surface area contributed by atoms with Crippen molar-refractivity contribution in [3.05, 3.63) is 0 Å². The fourth-order valence-electron chi connectivity index (χ4n) is 3.74.